The van der Waals surface area contributed by atoms with Gasteiger partial charge in [0.25, 0.3) is 5.91 Å². The Kier molecular flexibility index (Phi) is 4.13. The number of benzene rings is 1. The number of hydrogen-bond donors (Lipinski definition) is 2. The topological polar surface area (TPSA) is 68.0 Å². The lowest BCUT2D eigenvalue weighted by molar-refractivity contribution is 0.0950. The molecular weight excluding hydrogens is 238 g/mol. The number of carbonyl (C=O) groups is 1. The van der Waals surface area contributed by atoms with Crippen LogP contribution in [0.4, 0.5) is 5.69 Å². The van der Waals surface area contributed by atoms with Gasteiger partial charge in [-0.1, -0.05) is 24.3 Å². The van der Waals surface area contributed by atoms with Gasteiger partial charge in [0.1, 0.15) is 0 Å². The quantitative estimate of drug-likeness (QED) is 0.877. The first-order valence-corrected chi connectivity index (χ1v) is 6.21. The summed E-state index contributed by atoms with van der Waals surface area (Å²) in [4.78, 5) is 15.9. The number of rotatable bonds is 4. The molecule has 1 heterocycles. The fourth-order valence-corrected chi connectivity index (χ4v) is 1.89. The van der Waals surface area contributed by atoms with Crippen molar-refractivity contribution in [3.05, 3.63) is 59.4 Å². The third-order valence-electron chi connectivity index (χ3n) is 3.00. The second-order valence-electron chi connectivity index (χ2n) is 4.37. The zero-order valence-corrected chi connectivity index (χ0v) is 10.9. The van der Waals surface area contributed by atoms with E-state index in [1.807, 2.05) is 12.1 Å². The summed E-state index contributed by atoms with van der Waals surface area (Å²) in [7, 11) is 0. The molecule has 4 nitrogen and oxygen atoms in total. The Labute approximate surface area is 112 Å². The van der Waals surface area contributed by atoms with E-state index < -0.39 is 0 Å². The second-order valence-corrected chi connectivity index (χ2v) is 4.37. The number of nitrogen functional groups attached to an aromatic ring is 1. The highest BCUT2D eigenvalue weighted by Gasteiger charge is 2.09. The van der Waals surface area contributed by atoms with Gasteiger partial charge in [-0.05, 0) is 36.6 Å². The minimum Gasteiger partial charge on any atom is -0.397 e. The van der Waals surface area contributed by atoms with E-state index in [-0.39, 0.29) is 11.6 Å². The summed E-state index contributed by atoms with van der Waals surface area (Å²) in [6.07, 6.45) is 2.36. The Morgan fingerprint density at radius 2 is 2.05 bits per heavy atom. The zero-order chi connectivity index (χ0) is 13.7. The van der Waals surface area contributed by atoms with E-state index in [4.69, 9.17) is 5.73 Å². The van der Waals surface area contributed by atoms with Crippen molar-refractivity contribution in [1.29, 1.82) is 0 Å². The number of pyridine rings is 1. The van der Waals surface area contributed by atoms with E-state index in [0.717, 1.165) is 6.42 Å². The van der Waals surface area contributed by atoms with Crippen LogP contribution < -0.4 is 11.1 Å². The van der Waals surface area contributed by atoms with Crippen molar-refractivity contribution in [2.45, 2.75) is 13.3 Å². The maximum absolute atomic E-state index is 11.9. The fourth-order valence-electron chi connectivity index (χ4n) is 1.89. The largest absolute Gasteiger partial charge is 0.397 e. The van der Waals surface area contributed by atoms with Gasteiger partial charge in [-0.2, -0.15) is 0 Å². The number of nitrogens with one attached hydrogen (secondary N) is 1. The van der Waals surface area contributed by atoms with Gasteiger partial charge in [0.05, 0.1) is 5.69 Å². The van der Waals surface area contributed by atoms with Crippen molar-refractivity contribution < 1.29 is 4.79 Å². The zero-order valence-electron chi connectivity index (χ0n) is 10.9. The normalized spacial score (nSPS) is 10.2. The molecule has 98 valence electrons. The van der Waals surface area contributed by atoms with E-state index in [0.29, 0.717) is 12.2 Å². The van der Waals surface area contributed by atoms with Crippen LogP contribution in [0.25, 0.3) is 0 Å². The smallest absolute Gasteiger partial charge is 0.272 e. The summed E-state index contributed by atoms with van der Waals surface area (Å²) in [6, 6.07) is 11.5. The van der Waals surface area contributed by atoms with Crippen molar-refractivity contribution in [3.8, 4) is 0 Å². The van der Waals surface area contributed by atoms with Crippen molar-refractivity contribution in [2.75, 3.05) is 12.3 Å². The molecule has 2 aromatic rings. The Hall–Kier alpha value is -2.36. The molecule has 0 aliphatic rings. The highest BCUT2D eigenvalue weighted by molar-refractivity contribution is 5.96. The Bertz CT molecular complexity index is 581. The number of carbonyl (C=O) groups excluding carboxylic acids is 1. The molecule has 0 aliphatic heterocycles. The first kappa shape index (κ1) is 13.1. The third kappa shape index (κ3) is 3.31. The monoisotopic (exact) mass is 255 g/mol. The van der Waals surface area contributed by atoms with Gasteiger partial charge in [-0.15, -0.1) is 0 Å². The molecular formula is C15H17N3O. The number of nitrogens with two attached hydrogens (primary N) is 1. The molecule has 0 spiro atoms. The lowest BCUT2D eigenvalue weighted by Gasteiger charge is -2.08. The minimum atomic E-state index is -0.230. The summed E-state index contributed by atoms with van der Waals surface area (Å²) in [6.45, 7) is 2.63. The first-order chi connectivity index (χ1) is 9.18. The molecule has 1 amide bonds. The molecule has 0 bridgehead atoms. The van der Waals surface area contributed by atoms with Gasteiger partial charge in [-0.3, -0.25) is 4.79 Å². The van der Waals surface area contributed by atoms with Crippen molar-refractivity contribution in [2.24, 2.45) is 0 Å². The minimum absolute atomic E-state index is 0.230. The molecule has 2 rings (SSSR count). The third-order valence-corrected chi connectivity index (χ3v) is 3.00. The van der Waals surface area contributed by atoms with Crippen LogP contribution in [0.15, 0.2) is 42.6 Å². The highest BCUT2D eigenvalue weighted by atomic mass is 16.1. The highest BCUT2D eigenvalue weighted by Crippen LogP contribution is 2.08. The van der Waals surface area contributed by atoms with Crippen LogP contribution in [0.5, 0.6) is 0 Å². The molecule has 0 fully saturated rings. The number of aromatic nitrogens is 1. The molecule has 0 radical (unpaired) electrons. The van der Waals surface area contributed by atoms with Crippen LogP contribution in [-0.4, -0.2) is 17.4 Å². The van der Waals surface area contributed by atoms with E-state index in [1.165, 1.54) is 11.1 Å². The molecule has 19 heavy (non-hydrogen) atoms. The van der Waals surface area contributed by atoms with Crippen LogP contribution in [-0.2, 0) is 6.42 Å². The first-order valence-electron chi connectivity index (χ1n) is 6.21. The summed E-state index contributed by atoms with van der Waals surface area (Å²) in [5.41, 5.74) is 8.85. The predicted molar refractivity (Wildman–Crippen MR) is 75.9 cm³/mol. The summed E-state index contributed by atoms with van der Waals surface area (Å²) >= 11 is 0. The van der Waals surface area contributed by atoms with Crippen molar-refractivity contribution in [1.82, 2.24) is 10.3 Å². The average molecular weight is 255 g/mol. The molecule has 1 aromatic heterocycles. The molecule has 4 heteroatoms. The number of anilines is 1. The molecule has 0 aliphatic carbocycles. The van der Waals surface area contributed by atoms with E-state index in [2.05, 4.69) is 29.4 Å². The van der Waals surface area contributed by atoms with Crippen LogP contribution in [0, 0.1) is 6.92 Å². The van der Waals surface area contributed by atoms with Crippen LogP contribution in [0.3, 0.4) is 0 Å². The number of aryl methyl sites for hydroxylation is 1. The van der Waals surface area contributed by atoms with E-state index in [1.54, 1.807) is 18.3 Å². The Morgan fingerprint density at radius 1 is 1.26 bits per heavy atom. The van der Waals surface area contributed by atoms with Crippen molar-refractivity contribution in [3.63, 3.8) is 0 Å². The van der Waals surface area contributed by atoms with E-state index >= 15 is 0 Å². The van der Waals surface area contributed by atoms with Gasteiger partial charge >= 0.3 is 0 Å². The van der Waals surface area contributed by atoms with E-state index in [9.17, 15) is 4.79 Å². The standard InChI is InChI=1S/C15H17N3O/c1-11-5-2-3-6-12(11)8-10-18-15(19)14-13(16)7-4-9-17-14/h2-7,9H,8,10,16H2,1H3,(H,18,19). The predicted octanol–water partition coefficient (Wildman–Crippen LogP) is 1.94. The summed E-state index contributed by atoms with van der Waals surface area (Å²) < 4.78 is 0. The van der Waals surface area contributed by atoms with Gasteiger partial charge in [0.2, 0.25) is 0 Å². The SMILES string of the molecule is Cc1ccccc1CCNC(=O)c1ncccc1N. The molecule has 0 atom stereocenters. The van der Waals surface area contributed by atoms with Gasteiger partial charge in [-0.25, -0.2) is 4.98 Å². The fraction of sp³-hybridized carbons (Fsp3) is 0.200. The van der Waals surface area contributed by atoms with Crippen LogP contribution in [0.2, 0.25) is 0 Å². The Morgan fingerprint density at radius 3 is 2.79 bits per heavy atom. The lowest BCUT2D eigenvalue weighted by atomic mass is 10.1. The van der Waals surface area contributed by atoms with Gasteiger partial charge < -0.3 is 11.1 Å². The number of nitrogens with zero attached hydrogens (tertiary/aromatic N) is 1. The number of amides is 1. The molecule has 1 aromatic carbocycles. The second kappa shape index (κ2) is 6.00. The molecule has 0 unspecified atom stereocenters. The summed E-state index contributed by atoms with van der Waals surface area (Å²) in [5, 5.41) is 2.83. The molecule has 3 N–H and O–H groups in total. The molecule has 0 saturated carbocycles. The Balaban J connectivity index is 1.92. The van der Waals surface area contributed by atoms with Gasteiger partial charge in [0.15, 0.2) is 5.69 Å². The average Bonchev–Trinajstić information content (AvgIpc) is 2.41. The maximum Gasteiger partial charge on any atom is 0.272 e. The van der Waals surface area contributed by atoms with Crippen LogP contribution in [0.1, 0.15) is 21.6 Å². The van der Waals surface area contributed by atoms with Crippen molar-refractivity contribution >= 4 is 11.6 Å². The molecule has 0 saturated heterocycles. The lowest BCUT2D eigenvalue weighted by Crippen LogP contribution is -2.27. The van der Waals surface area contributed by atoms with Gasteiger partial charge in [0, 0.05) is 12.7 Å². The summed E-state index contributed by atoms with van der Waals surface area (Å²) in [5.74, 6) is -0.230. The maximum atomic E-state index is 11.9. The number of hydrogen-bond acceptors (Lipinski definition) is 3. The van der Waals surface area contributed by atoms with Crippen LogP contribution >= 0.6 is 0 Å².